The molecule has 7 heteroatoms. The maximum Gasteiger partial charge on any atom is 0.326 e. The van der Waals surface area contributed by atoms with E-state index in [9.17, 15) is 20.0 Å². The van der Waals surface area contributed by atoms with Gasteiger partial charge in [0.1, 0.15) is 6.04 Å². The van der Waals surface area contributed by atoms with E-state index < -0.39 is 16.9 Å². The minimum atomic E-state index is -0.849. The number of anilines is 1. The Morgan fingerprint density at radius 2 is 2.29 bits per heavy atom. The van der Waals surface area contributed by atoms with Crippen LogP contribution in [0.4, 0.5) is 11.4 Å². The Morgan fingerprint density at radius 1 is 1.57 bits per heavy atom. The lowest BCUT2D eigenvalue weighted by Crippen LogP contribution is -2.47. The quantitative estimate of drug-likeness (QED) is 0.659. The van der Waals surface area contributed by atoms with Gasteiger partial charge in [0, 0.05) is 23.2 Å². The highest BCUT2D eigenvalue weighted by Crippen LogP contribution is 2.36. The molecule has 1 aliphatic heterocycles. The maximum atomic E-state index is 11.5. The average Bonchev–Trinajstić information content (AvgIpc) is 2.46. The smallest absolute Gasteiger partial charge is 0.326 e. The van der Waals surface area contributed by atoms with Gasteiger partial charge in [-0.15, -0.1) is 0 Å². The van der Waals surface area contributed by atoms with Crippen molar-refractivity contribution in [1.29, 1.82) is 0 Å². The SMILES string of the molecule is CCC1CCN(c2ccc([N+](=O)[O-])cc2Br)C(C(=O)O)C1. The van der Waals surface area contributed by atoms with Crippen LogP contribution in [-0.2, 0) is 4.79 Å². The zero-order chi connectivity index (χ0) is 15.6. The molecule has 0 spiro atoms. The number of hydrogen-bond donors (Lipinski definition) is 1. The number of piperidine rings is 1. The van der Waals surface area contributed by atoms with Crippen LogP contribution < -0.4 is 4.90 Å². The summed E-state index contributed by atoms with van der Waals surface area (Å²) < 4.78 is 0.554. The lowest BCUT2D eigenvalue weighted by molar-refractivity contribution is -0.384. The van der Waals surface area contributed by atoms with Crippen molar-refractivity contribution >= 4 is 33.3 Å². The number of non-ortho nitro benzene ring substituents is 1. The predicted molar refractivity (Wildman–Crippen MR) is 82.6 cm³/mol. The highest BCUT2D eigenvalue weighted by atomic mass is 79.9. The molecule has 1 aromatic carbocycles. The second-order valence-electron chi connectivity index (χ2n) is 5.24. The van der Waals surface area contributed by atoms with E-state index in [0.29, 0.717) is 29.0 Å². The first kappa shape index (κ1) is 15.8. The highest BCUT2D eigenvalue weighted by molar-refractivity contribution is 9.10. The second-order valence-corrected chi connectivity index (χ2v) is 6.09. The molecule has 114 valence electrons. The van der Waals surface area contributed by atoms with Gasteiger partial charge in [0.05, 0.1) is 10.6 Å². The van der Waals surface area contributed by atoms with Gasteiger partial charge in [-0.25, -0.2) is 4.79 Å². The van der Waals surface area contributed by atoms with Gasteiger partial charge < -0.3 is 10.0 Å². The summed E-state index contributed by atoms with van der Waals surface area (Å²) >= 11 is 3.32. The summed E-state index contributed by atoms with van der Waals surface area (Å²) in [6.45, 7) is 2.72. The molecule has 0 radical (unpaired) electrons. The van der Waals surface area contributed by atoms with Gasteiger partial charge in [0.15, 0.2) is 0 Å². The van der Waals surface area contributed by atoms with E-state index in [1.54, 1.807) is 6.07 Å². The molecule has 0 saturated carbocycles. The number of nitrogens with zero attached hydrogens (tertiary/aromatic N) is 2. The van der Waals surface area contributed by atoms with Crippen LogP contribution in [0.15, 0.2) is 22.7 Å². The van der Waals surface area contributed by atoms with Crippen LogP contribution in [-0.4, -0.2) is 28.6 Å². The van der Waals surface area contributed by atoms with E-state index in [4.69, 9.17) is 0 Å². The molecule has 1 saturated heterocycles. The first-order valence-corrected chi connectivity index (χ1v) is 7.66. The van der Waals surface area contributed by atoms with Crippen molar-refractivity contribution in [1.82, 2.24) is 0 Å². The fourth-order valence-corrected chi connectivity index (χ4v) is 3.37. The van der Waals surface area contributed by atoms with Crippen molar-refractivity contribution in [2.24, 2.45) is 5.92 Å². The van der Waals surface area contributed by atoms with Crippen molar-refractivity contribution in [2.45, 2.75) is 32.2 Å². The number of aliphatic carboxylic acids is 1. The Kier molecular flexibility index (Phi) is 4.82. The van der Waals surface area contributed by atoms with E-state index in [-0.39, 0.29) is 5.69 Å². The largest absolute Gasteiger partial charge is 0.480 e. The molecular formula is C14H17BrN2O4. The van der Waals surface area contributed by atoms with Crippen LogP contribution >= 0.6 is 15.9 Å². The van der Waals surface area contributed by atoms with Crippen molar-refractivity contribution in [2.75, 3.05) is 11.4 Å². The number of rotatable bonds is 4. The molecule has 6 nitrogen and oxygen atoms in total. The fourth-order valence-electron chi connectivity index (χ4n) is 2.77. The van der Waals surface area contributed by atoms with Crippen LogP contribution in [0.1, 0.15) is 26.2 Å². The number of hydrogen-bond acceptors (Lipinski definition) is 4. The third kappa shape index (κ3) is 3.34. The van der Waals surface area contributed by atoms with Crippen molar-refractivity contribution in [3.05, 3.63) is 32.8 Å². The molecule has 2 atom stereocenters. The maximum absolute atomic E-state index is 11.5. The molecular weight excluding hydrogens is 340 g/mol. The van der Waals surface area contributed by atoms with E-state index in [0.717, 1.165) is 12.8 Å². The fraction of sp³-hybridized carbons (Fsp3) is 0.500. The third-order valence-corrected chi connectivity index (χ3v) is 4.66. The van der Waals surface area contributed by atoms with Crippen LogP contribution in [0.5, 0.6) is 0 Å². The molecule has 1 fully saturated rings. The van der Waals surface area contributed by atoms with E-state index >= 15 is 0 Å². The van der Waals surface area contributed by atoms with Crippen molar-refractivity contribution < 1.29 is 14.8 Å². The van der Waals surface area contributed by atoms with Crippen molar-refractivity contribution in [3.8, 4) is 0 Å². The van der Waals surface area contributed by atoms with Gasteiger partial charge in [-0.1, -0.05) is 13.3 Å². The summed E-state index contributed by atoms with van der Waals surface area (Å²) in [5, 5.41) is 20.2. The van der Waals surface area contributed by atoms with Crippen LogP contribution in [0, 0.1) is 16.0 Å². The van der Waals surface area contributed by atoms with Gasteiger partial charge in [0.25, 0.3) is 5.69 Å². The summed E-state index contributed by atoms with van der Waals surface area (Å²) in [4.78, 5) is 23.6. The zero-order valence-corrected chi connectivity index (χ0v) is 13.2. The lowest BCUT2D eigenvalue weighted by atomic mass is 9.88. The number of halogens is 1. The molecule has 1 aromatic rings. The van der Waals surface area contributed by atoms with Gasteiger partial charge in [-0.05, 0) is 40.8 Å². The standard InChI is InChI=1S/C14H17BrN2O4/c1-2-9-5-6-16(13(7-9)14(18)19)12-4-3-10(17(20)21)8-11(12)15/h3-4,8-9,13H,2,5-7H2,1H3,(H,18,19). The van der Waals surface area contributed by atoms with Gasteiger partial charge in [-0.3, -0.25) is 10.1 Å². The summed E-state index contributed by atoms with van der Waals surface area (Å²) in [6, 6.07) is 3.86. The number of benzene rings is 1. The monoisotopic (exact) mass is 356 g/mol. The molecule has 1 N–H and O–H groups in total. The average molecular weight is 357 g/mol. The summed E-state index contributed by atoms with van der Waals surface area (Å²) in [5.41, 5.74) is 0.684. The van der Waals surface area contributed by atoms with E-state index in [1.807, 2.05) is 4.90 Å². The van der Waals surface area contributed by atoms with Gasteiger partial charge in [-0.2, -0.15) is 0 Å². The number of nitro groups is 1. The molecule has 0 amide bonds. The summed E-state index contributed by atoms with van der Waals surface area (Å²) in [5.74, 6) is -0.433. The van der Waals surface area contributed by atoms with Crippen LogP contribution in [0.2, 0.25) is 0 Å². The topological polar surface area (TPSA) is 83.7 Å². The summed E-state index contributed by atoms with van der Waals surface area (Å²) in [6.07, 6.45) is 2.51. The molecule has 1 aliphatic rings. The molecule has 21 heavy (non-hydrogen) atoms. The first-order valence-electron chi connectivity index (χ1n) is 6.87. The molecule has 0 bridgehead atoms. The second kappa shape index (κ2) is 6.43. The number of carboxylic acid groups (broad SMARTS) is 1. The van der Waals surface area contributed by atoms with Crippen LogP contribution in [0.25, 0.3) is 0 Å². The first-order chi connectivity index (χ1) is 9.93. The minimum Gasteiger partial charge on any atom is -0.480 e. The van der Waals surface area contributed by atoms with E-state index in [2.05, 4.69) is 22.9 Å². The molecule has 2 rings (SSSR count). The Hall–Kier alpha value is -1.63. The van der Waals surface area contributed by atoms with Gasteiger partial charge >= 0.3 is 5.97 Å². The predicted octanol–water partition coefficient (Wildman–Crippen LogP) is 3.44. The van der Waals surface area contributed by atoms with Crippen LogP contribution in [0.3, 0.4) is 0 Å². The highest BCUT2D eigenvalue weighted by Gasteiger charge is 2.33. The number of carboxylic acids is 1. The summed E-state index contributed by atoms with van der Waals surface area (Å²) in [7, 11) is 0. The van der Waals surface area contributed by atoms with Crippen molar-refractivity contribution in [3.63, 3.8) is 0 Å². The molecule has 0 aromatic heterocycles. The molecule has 0 aliphatic carbocycles. The number of carbonyl (C=O) groups is 1. The normalized spacial score (nSPS) is 22.1. The third-order valence-electron chi connectivity index (χ3n) is 4.02. The molecule has 2 unspecified atom stereocenters. The number of nitro benzene ring substituents is 1. The Balaban J connectivity index is 2.31. The van der Waals surface area contributed by atoms with Gasteiger partial charge in [0.2, 0.25) is 0 Å². The molecule has 1 heterocycles. The lowest BCUT2D eigenvalue weighted by Gasteiger charge is -2.39. The minimum absolute atomic E-state index is 0.0130. The Labute approximate surface area is 131 Å². The Bertz CT molecular complexity index is 564. The zero-order valence-electron chi connectivity index (χ0n) is 11.7. The van der Waals surface area contributed by atoms with E-state index in [1.165, 1.54) is 12.1 Å². The Morgan fingerprint density at radius 3 is 2.81 bits per heavy atom.